The Balaban J connectivity index is 1.71. The summed E-state index contributed by atoms with van der Waals surface area (Å²) in [5, 5.41) is 3.69. The van der Waals surface area contributed by atoms with Crippen LogP contribution in [0, 0.1) is 5.92 Å². The number of amides is 1. The van der Waals surface area contributed by atoms with E-state index in [0.29, 0.717) is 18.0 Å². The third-order valence-electron chi connectivity index (χ3n) is 5.27. The van der Waals surface area contributed by atoms with E-state index >= 15 is 0 Å². The summed E-state index contributed by atoms with van der Waals surface area (Å²) < 4.78 is 5.52. The van der Waals surface area contributed by atoms with Gasteiger partial charge < -0.3 is 15.0 Å². The molecule has 0 spiro atoms. The molecule has 3 rings (SSSR count). The molecule has 0 radical (unpaired) electrons. The van der Waals surface area contributed by atoms with Gasteiger partial charge in [-0.1, -0.05) is 27.2 Å². The van der Waals surface area contributed by atoms with Gasteiger partial charge in [0.15, 0.2) is 0 Å². The van der Waals surface area contributed by atoms with E-state index in [4.69, 9.17) is 4.74 Å². The van der Waals surface area contributed by atoms with Crippen molar-refractivity contribution in [3.8, 4) is 0 Å². The minimum atomic E-state index is 0.187. The zero-order valence-electron chi connectivity index (χ0n) is 13.5. The first-order valence-corrected chi connectivity index (χ1v) is 8.57. The Kier molecular flexibility index (Phi) is 4.36. The number of ether oxygens (including phenoxy) is 1. The Labute approximate surface area is 127 Å². The van der Waals surface area contributed by atoms with Crippen LogP contribution in [0.5, 0.6) is 0 Å². The van der Waals surface area contributed by atoms with Crippen molar-refractivity contribution in [2.24, 2.45) is 5.92 Å². The summed E-state index contributed by atoms with van der Waals surface area (Å²) in [6, 6.07) is 1.02. The van der Waals surface area contributed by atoms with Gasteiger partial charge in [-0.05, 0) is 31.3 Å². The molecule has 2 fully saturated rings. The molecular weight excluding hydrogens is 264 g/mol. The second-order valence-electron chi connectivity index (χ2n) is 6.69. The summed E-state index contributed by atoms with van der Waals surface area (Å²) in [5.41, 5.74) is 2.61. The smallest absolute Gasteiger partial charge is 0.232 e. The number of hydrogen-bond donors (Lipinski definition) is 1. The quantitative estimate of drug-likeness (QED) is 0.579. The molecule has 0 bridgehead atoms. The Morgan fingerprint density at radius 1 is 1.43 bits per heavy atom. The van der Waals surface area contributed by atoms with Crippen molar-refractivity contribution in [2.45, 2.75) is 71.1 Å². The largest absolute Gasteiger partial charge is 0.366 e. The number of nitrogens with zero attached hydrogens (tertiary/aromatic N) is 1. The monoisotopic (exact) mass is 292 g/mol. The van der Waals surface area contributed by atoms with Crippen LogP contribution in [-0.4, -0.2) is 42.1 Å². The summed E-state index contributed by atoms with van der Waals surface area (Å²) in [6.07, 6.45) is 6.02. The number of nitrogens with one attached hydrogen (secondary N) is 1. The molecule has 4 atom stereocenters. The normalized spacial score (nSPS) is 32.8. The lowest BCUT2D eigenvalue weighted by molar-refractivity contribution is -0.152. The van der Waals surface area contributed by atoms with E-state index in [-0.39, 0.29) is 12.0 Å². The third-order valence-corrected chi connectivity index (χ3v) is 5.27. The van der Waals surface area contributed by atoms with Crippen LogP contribution in [0.15, 0.2) is 11.3 Å². The van der Waals surface area contributed by atoms with Gasteiger partial charge in [-0.15, -0.1) is 0 Å². The van der Waals surface area contributed by atoms with Crippen molar-refractivity contribution < 1.29 is 9.53 Å². The Hall–Kier alpha value is -0.870. The molecule has 4 nitrogen and oxygen atoms in total. The Bertz CT molecular complexity index is 442. The molecule has 0 aromatic carbocycles. The van der Waals surface area contributed by atoms with Crippen LogP contribution < -0.4 is 5.32 Å². The maximum absolute atomic E-state index is 12.2. The van der Waals surface area contributed by atoms with Crippen LogP contribution in [0.25, 0.3) is 0 Å². The fraction of sp³-hybridized carbons (Fsp3) is 0.824. The van der Waals surface area contributed by atoms with Crippen LogP contribution in [-0.2, 0) is 9.53 Å². The Morgan fingerprint density at radius 2 is 2.19 bits per heavy atom. The van der Waals surface area contributed by atoms with E-state index in [0.717, 1.165) is 26.0 Å². The molecule has 3 unspecified atom stereocenters. The molecule has 3 aliphatic heterocycles. The van der Waals surface area contributed by atoms with Gasteiger partial charge in [-0.2, -0.15) is 0 Å². The van der Waals surface area contributed by atoms with Gasteiger partial charge in [0.25, 0.3) is 0 Å². The minimum absolute atomic E-state index is 0.187. The fourth-order valence-electron chi connectivity index (χ4n) is 3.82. The fourth-order valence-corrected chi connectivity index (χ4v) is 3.82. The molecule has 1 amide bonds. The summed E-state index contributed by atoms with van der Waals surface area (Å²) in [7, 11) is 0. The summed E-state index contributed by atoms with van der Waals surface area (Å²) in [4.78, 5) is 14.2. The second kappa shape index (κ2) is 6.09. The number of epoxide rings is 1. The van der Waals surface area contributed by atoms with Crippen LogP contribution in [0.4, 0.5) is 0 Å². The zero-order chi connectivity index (χ0) is 15.0. The van der Waals surface area contributed by atoms with Crippen molar-refractivity contribution in [1.82, 2.24) is 10.2 Å². The number of carbonyl (C=O) groups excluding carboxylic acids is 1. The molecule has 0 aromatic heterocycles. The minimum Gasteiger partial charge on any atom is -0.366 e. The predicted molar refractivity (Wildman–Crippen MR) is 82.8 cm³/mol. The molecule has 3 aliphatic rings. The summed E-state index contributed by atoms with van der Waals surface area (Å²) >= 11 is 0. The first-order valence-electron chi connectivity index (χ1n) is 8.57. The van der Waals surface area contributed by atoms with Gasteiger partial charge in [0.2, 0.25) is 5.91 Å². The molecule has 0 aromatic rings. The van der Waals surface area contributed by atoms with Gasteiger partial charge in [-0.3, -0.25) is 4.79 Å². The number of hydrogen-bond acceptors (Lipinski definition) is 3. The van der Waals surface area contributed by atoms with E-state index in [2.05, 4.69) is 26.1 Å². The molecule has 2 saturated heterocycles. The van der Waals surface area contributed by atoms with Crippen molar-refractivity contribution in [1.29, 1.82) is 0 Å². The lowest BCUT2D eigenvalue weighted by Gasteiger charge is -2.50. The Morgan fingerprint density at radius 3 is 2.81 bits per heavy atom. The van der Waals surface area contributed by atoms with Crippen LogP contribution in [0.3, 0.4) is 0 Å². The average molecular weight is 292 g/mol. The SMILES string of the molecule is CCCC(CC)NCC1=C(C2CO2)N2C(=O)[C@@H](C)C2CC1. The maximum atomic E-state index is 12.2. The summed E-state index contributed by atoms with van der Waals surface area (Å²) in [6.45, 7) is 8.24. The molecular formula is C17H28N2O2. The third kappa shape index (κ3) is 2.76. The topological polar surface area (TPSA) is 44.9 Å². The van der Waals surface area contributed by atoms with E-state index in [1.165, 1.54) is 30.5 Å². The molecule has 0 saturated carbocycles. The van der Waals surface area contributed by atoms with Gasteiger partial charge in [0, 0.05) is 18.6 Å². The summed E-state index contributed by atoms with van der Waals surface area (Å²) in [5.74, 6) is 0.500. The number of rotatable bonds is 7. The lowest BCUT2D eigenvalue weighted by atomic mass is 9.79. The van der Waals surface area contributed by atoms with Crippen LogP contribution >= 0.6 is 0 Å². The van der Waals surface area contributed by atoms with Crippen molar-refractivity contribution >= 4 is 5.91 Å². The number of fused-ring (bicyclic) bond motifs is 1. The van der Waals surface area contributed by atoms with Gasteiger partial charge >= 0.3 is 0 Å². The first kappa shape index (κ1) is 15.0. The molecule has 4 heteroatoms. The second-order valence-corrected chi connectivity index (χ2v) is 6.69. The van der Waals surface area contributed by atoms with Gasteiger partial charge in [-0.25, -0.2) is 0 Å². The highest BCUT2D eigenvalue weighted by molar-refractivity contribution is 5.88. The van der Waals surface area contributed by atoms with Crippen molar-refractivity contribution in [3.05, 3.63) is 11.3 Å². The highest BCUT2D eigenvalue weighted by Gasteiger charge is 2.51. The lowest BCUT2D eigenvalue weighted by Crippen LogP contribution is -2.61. The van der Waals surface area contributed by atoms with Crippen molar-refractivity contribution in [2.75, 3.05) is 13.2 Å². The predicted octanol–water partition coefficient (Wildman–Crippen LogP) is 2.45. The highest BCUT2D eigenvalue weighted by Crippen LogP contribution is 2.43. The number of β-lactam (4-membered cyclic amide) rings is 1. The number of carbonyl (C=O) groups is 1. The van der Waals surface area contributed by atoms with E-state index in [1.54, 1.807) is 0 Å². The standard InChI is InChI=1S/C17H28N2O2/c1-4-6-13(5-2)18-9-12-7-8-14-11(3)17(20)19(14)16(12)15-10-21-15/h11,13-15,18H,4-10H2,1-3H3/t11-,13?,14?,15?/m0/s1. The van der Waals surface area contributed by atoms with E-state index in [9.17, 15) is 4.79 Å². The van der Waals surface area contributed by atoms with E-state index < -0.39 is 0 Å². The molecule has 118 valence electrons. The van der Waals surface area contributed by atoms with Crippen LogP contribution in [0.2, 0.25) is 0 Å². The average Bonchev–Trinajstić information content (AvgIpc) is 3.34. The maximum Gasteiger partial charge on any atom is 0.232 e. The van der Waals surface area contributed by atoms with E-state index in [1.807, 2.05) is 4.90 Å². The molecule has 0 aliphatic carbocycles. The highest BCUT2D eigenvalue weighted by atomic mass is 16.6. The van der Waals surface area contributed by atoms with Crippen molar-refractivity contribution in [3.63, 3.8) is 0 Å². The van der Waals surface area contributed by atoms with Crippen LogP contribution in [0.1, 0.15) is 52.9 Å². The van der Waals surface area contributed by atoms with Gasteiger partial charge in [0.1, 0.15) is 6.10 Å². The first-order chi connectivity index (χ1) is 10.2. The molecule has 21 heavy (non-hydrogen) atoms. The molecule has 1 N–H and O–H groups in total. The van der Waals surface area contributed by atoms with Gasteiger partial charge in [0.05, 0.1) is 18.2 Å². The zero-order valence-corrected chi connectivity index (χ0v) is 13.5. The molecule has 3 heterocycles.